The molecule has 0 aromatic carbocycles. The van der Waals surface area contributed by atoms with E-state index >= 15 is 0 Å². The number of ether oxygens (including phenoxy) is 1. The van der Waals surface area contributed by atoms with Gasteiger partial charge in [0.15, 0.2) is 0 Å². The molecule has 1 aromatic rings. The second-order valence-corrected chi connectivity index (χ2v) is 2.64. The summed E-state index contributed by atoms with van der Waals surface area (Å²) >= 11 is 0. The maximum Gasteiger partial charge on any atom is 0.0887 e. The van der Waals surface area contributed by atoms with Gasteiger partial charge >= 0.3 is 0 Å². The van der Waals surface area contributed by atoms with Crippen LogP contribution in [0.15, 0.2) is 12.3 Å². The summed E-state index contributed by atoms with van der Waals surface area (Å²) in [5.41, 5.74) is 2.75. The summed E-state index contributed by atoms with van der Waals surface area (Å²) in [6, 6.07) is 1.88. The molecule has 0 aliphatic heterocycles. The Morgan fingerprint density at radius 2 is 2.33 bits per heavy atom. The van der Waals surface area contributed by atoms with E-state index in [1.165, 1.54) is 0 Å². The molecule has 12 heavy (non-hydrogen) atoms. The van der Waals surface area contributed by atoms with Crippen LogP contribution in [0.2, 0.25) is 0 Å². The number of aliphatic hydroxyl groups excluding tert-OH is 1. The molecule has 0 fully saturated rings. The number of aliphatic hydroxyl groups is 1. The van der Waals surface area contributed by atoms with E-state index in [4.69, 9.17) is 9.84 Å². The van der Waals surface area contributed by atoms with Crippen molar-refractivity contribution < 1.29 is 9.84 Å². The van der Waals surface area contributed by atoms with Gasteiger partial charge in [-0.3, -0.25) is 4.98 Å². The van der Waals surface area contributed by atoms with Crippen molar-refractivity contribution in [2.45, 2.75) is 20.1 Å². The van der Waals surface area contributed by atoms with Gasteiger partial charge in [-0.25, -0.2) is 0 Å². The minimum absolute atomic E-state index is 0.0262. The number of aromatic nitrogens is 1. The van der Waals surface area contributed by atoms with Gasteiger partial charge in [-0.05, 0) is 18.6 Å². The van der Waals surface area contributed by atoms with Gasteiger partial charge in [-0.1, -0.05) is 0 Å². The molecule has 0 bridgehead atoms. The molecule has 0 saturated heterocycles. The van der Waals surface area contributed by atoms with Gasteiger partial charge < -0.3 is 9.84 Å². The number of methoxy groups -OCH3 is 1. The molecule has 0 radical (unpaired) electrons. The van der Waals surface area contributed by atoms with Crippen LogP contribution in [-0.4, -0.2) is 17.2 Å². The summed E-state index contributed by atoms with van der Waals surface area (Å²) in [7, 11) is 1.62. The van der Waals surface area contributed by atoms with Crippen molar-refractivity contribution in [3.63, 3.8) is 0 Å². The Hall–Kier alpha value is -0.930. The summed E-state index contributed by atoms with van der Waals surface area (Å²) in [5, 5.41) is 9.03. The third-order valence-corrected chi connectivity index (χ3v) is 1.82. The van der Waals surface area contributed by atoms with Crippen molar-refractivity contribution in [1.29, 1.82) is 0 Å². The van der Waals surface area contributed by atoms with Crippen molar-refractivity contribution >= 4 is 0 Å². The summed E-state index contributed by atoms with van der Waals surface area (Å²) in [5.74, 6) is 0. The number of hydrogen-bond donors (Lipinski definition) is 1. The summed E-state index contributed by atoms with van der Waals surface area (Å²) in [6.45, 7) is 2.43. The summed E-state index contributed by atoms with van der Waals surface area (Å²) < 4.78 is 4.95. The average molecular weight is 167 g/mol. The van der Waals surface area contributed by atoms with Crippen molar-refractivity contribution in [3.8, 4) is 0 Å². The van der Waals surface area contributed by atoms with Crippen molar-refractivity contribution in [2.24, 2.45) is 0 Å². The highest BCUT2D eigenvalue weighted by Crippen LogP contribution is 2.11. The molecular weight excluding hydrogens is 154 g/mol. The van der Waals surface area contributed by atoms with Crippen LogP contribution in [0.4, 0.5) is 0 Å². The lowest BCUT2D eigenvalue weighted by atomic mass is 10.1. The number of rotatable bonds is 3. The monoisotopic (exact) mass is 167 g/mol. The molecular formula is C9H13NO2. The van der Waals surface area contributed by atoms with Crippen LogP contribution in [-0.2, 0) is 18.0 Å². The van der Waals surface area contributed by atoms with Crippen LogP contribution in [0.3, 0.4) is 0 Å². The normalized spacial score (nSPS) is 10.2. The van der Waals surface area contributed by atoms with Crippen LogP contribution < -0.4 is 0 Å². The van der Waals surface area contributed by atoms with Crippen LogP contribution in [0.25, 0.3) is 0 Å². The highest BCUT2D eigenvalue weighted by Gasteiger charge is 2.04. The molecule has 1 aromatic heterocycles. The van der Waals surface area contributed by atoms with E-state index in [1.807, 2.05) is 13.0 Å². The lowest BCUT2D eigenvalue weighted by molar-refractivity contribution is 0.177. The maximum atomic E-state index is 9.03. The quantitative estimate of drug-likeness (QED) is 0.731. The highest BCUT2D eigenvalue weighted by molar-refractivity contribution is 5.27. The number of pyridine rings is 1. The first-order chi connectivity index (χ1) is 5.79. The van der Waals surface area contributed by atoms with Gasteiger partial charge in [0, 0.05) is 18.9 Å². The molecule has 0 amide bonds. The zero-order chi connectivity index (χ0) is 8.97. The lowest BCUT2D eigenvalue weighted by Crippen LogP contribution is -2.01. The Kier molecular flexibility index (Phi) is 3.19. The van der Waals surface area contributed by atoms with Gasteiger partial charge in [0.05, 0.1) is 18.9 Å². The van der Waals surface area contributed by atoms with Crippen LogP contribution in [0, 0.1) is 6.92 Å². The van der Waals surface area contributed by atoms with Crippen LogP contribution in [0.5, 0.6) is 0 Å². The second kappa shape index (κ2) is 4.18. The van der Waals surface area contributed by atoms with E-state index in [2.05, 4.69) is 4.98 Å². The Bertz CT molecular complexity index is 261. The predicted molar refractivity (Wildman–Crippen MR) is 45.6 cm³/mol. The molecule has 1 rings (SSSR count). The molecule has 0 saturated carbocycles. The third-order valence-electron chi connectivity index (χ3n) is 1.82. The molecule has 3 nitrogen and oxygen atoms in total. The van der Waals surface area contributed by atoms with Crippen molar-refractivity contribution in [3.05, 3.63) is 29.1 Å². The standard InChI is InChI=1S/C9H13NO2/c1-7-3-4-10-9(6-12-2)8(7)5-11/h3-4,11H,5-6H2,1-2H3. The fraction of sp³-hybridized carbons (Fsp3) is 0.444. The molecule has 0 unspecified atom stereocenters. The number of nitrogens with zero attached hydrogens (tertiary/aromatic N) is 1. The minimum atomic E-state index is 0.0262. The first-order valence-electron chi connectivity index (χ1n) is 3.82. The second-order valence-electron chi connectivity index (χ2n) is 2.64. The highest BCUT2D eigenvalue weighted by atomic mass is 16.5. The van der Waals surface area contributed by atoms with Gasteiger partial charge in [-0.2, -0.15) is 0 Å². The Morgan fingerprint density at radius 3 is 2.92 bits per heavy atom. The Labute approximate surface area is 72.0 Å². The molecule has 0 spiro atoms. The number of aryl methyl sites for hydroxylation is 1. The number of hydrogen-bond acceptors (Lipinski definition) is 3. The largest absolute Gasteiger partial charge is 0.392 e. The van der Waals surface area contributed by atoms with Crippen LogP contribution >= 0.6 is 0 Å². The topological polar surface area (TPSA) is 42.4 Å². The van der Waals surface area contributed by atoms with E-state index in [0.717, 1.165) is 16.8 Å². The SMILES string of the molecule is COCc1nccc(C)c1CO. The zero-order valence-electron chi connectivity index (χ0n) is 7.37. The fourth-order valence-corrected chi connectivity index (χ4v) is 1.12. The van der Waals surface area contributed by atoms with Crippen molar-refractivity contribution in [1.82, 2.24) is 4.98 Å². The third kappa shape index (κ3) is 1.81. The van der Waals surface area contributed by atoms with E-state index < -0.39 is 0 Å². The van der Waals surface area contributed by atoms with E-state index in [0.29, 0.717) is 6.61 Å². The fourth-order valence-electron chi connectivity index (χ4n) is 1.12. The van der Waals surface area contributed by atoms with Gasteiger partial charge in [0.2, 0.25) is 0 Å². The molecule has 0 atom stereocenters. The first-order valence-corrected chi connectivity index (χ1v) is 3.82. The van der Waals surface area contributed by atoms with Gasteiger partial charge in [-0.15, -0.1) is 0 Å². The molecule has 1 heterocycles. The van der Waals surface area contributed by atoms with Gasteiger partial charge in [0.1, 0.15) is 0 Å². The predicted octanol–water partition coefficient (Wildman–Crippen LogP) is 1.03. The first kappa shape index (κ1) is 9.16. The van der Waals surface area contributed by atoms with E-state index in [9.17, 15) is 0 Å². The minimum Gasteiger partial charge on any atom is -0.392 e. The molecule has 0 aliphatic carbocycles. The van der Waals surface area contributed by atoms with Crippen molar-refractivity contribution in [2.75, 3.05) is 7.11 Å². The zero-order valence-corrected chi connectivity index (χ0v) is 7.37. The summed E-state index contributed by atoms with van der Waals surface area (Å²) in [4.78, 5) is 4.12. The smallest absolute Gasteiger partial charge is 0.0887 e. The lowest BCUT2D eigenvalue weighted by Gasteiger charge is -2.07. The average Bonchev–Trinajstić information content (AvgIpc) is 2.05. The van der Waals surface area contributed by atoms with Gasteiger partial charge in [0.25, 0.3) is 0 Å². The Morgan fingerprint density at radius 1 is 1.58 bits per heavy atom. The Balaban J connectivity index is 3.00. The van der Waals surface area contributed by atoms with Crippen LogP contribution in [0.1, 0.15) is 16.8 Å². The molecule has 66 valence electrons. The summed E-state index contributed by atoms with van der Waals surface area (Å²) in [6.07, 6.45) is 1.73. The van der Waals surface area contributed by atoms with E-state index in [1.54, 1.807) is 13.3 Å². The maximum absolute atomic E-state index is 9.03. The molecule has 3 heteroatoms. The molecule has 1 N–H and O–H groups in total. The van der Waals surface area contributed by atoms with E-state index in [-0.39, 0.29) is 6.61 Å². The molecule has 0 aliphatic rings.